The summed E-state index contributed by atoms with van der Waals surface area (Å²) < 4.78 is 41.1. The van der Waals surface area contributed by atoms with Crippen LogP contribution in [-0.4, -0.2) is 8.42 Å². The van der Waals surface area contributed by atoms with Gasteiger partial charge in [-0.2, -0.15) is 0 Å². The molecule has 2 aromatic rings. The molecule has 2 aromatic carbocycles. The van der Waals surface area contributed by atoms with Gasteiger partial charge in [-0.3, -0.25) is 4.72 Å². The van der Waals surface area contributed by atoms with Crippen LogP contribution in [0.5, 0.6) is 0 Å². The summed E-state index contributed by atoms with van der Waals surface area (Å²) in [5.41, 5.74) is -0.0772. The van der Waals surface area contributed by atoms with E-state index in [0.717, 1.165) is 12.1 Å². The summed E-state index contributed by atoms with van der Waals surface area (Å²) in [5, 5.41) is -0.260. The fraction of sp³-hybridized carbons (Fsp3) is 0. The third-order valence-electron chi connectivity index (χ3n) is 2.43. The molecule has 0 aromatic heterocycles. The summed E-state index contributed by atoms with van der Waals surface area (Å²) in [5.74, 6) is -0.656. The molecule has 0 fully saturated rings. The maximum absolute atomic E-state index is 13.1. The van der Waals surface area contributed by atoms with Gasteiger partial charge in [-0.15, -0.1) is 0 Å². The molecule has 0 saturated heterocycles. The Hall–Kier alpha value is -0.340. The van der Waals surface area contributed by atoms with E-state index < -0.39 is 15.8 Å². The van der Waals surface area contributed by atoms with Crippen LogP contribution in [0.25, 0.3) is 0 Å². The average molecular weight is 478 g/mol. The maximum Gasteiger partial charge on any atom is 0.263 e. The van der Waals surface area contributed by atoms with Crippen molar-refractivity contribution in [2.24, 2.45) is 0 Å². The van der Waals surface area contributed by atoms with Crippen LogP contribution in [0, 0.1) is 5.82 Å². The topological polar surface area (TPSA) is 46.2 Å². The molecule has 0 saturated carbocycles. The Kier molecular flexibility index (Phi) is 5.20. The molecule has 0 atom stereocenters. The lowest BCUT2D eigenvalue weighted by Crippen LogP contribution is -2.14. The van der Waals surface area contributed by atoms with Crippen molar-refractivity contribution in [2.75, 3.05) is 4.72 Å². The lowest BCUT2D eigenvalue weighted by Gasteiger charge is -2.12. The number of benzene rings is 2. The molecule has 0 aliphatic heterocycles. The highest BCUT2D eigenvalue weighted by molar-refractivity contribution is 9.11. The smallest absolute Gasteiger partial charge is 0.263 e. The predicted octanol–water partition coefficient (Wildman–Crippen LogP) is 5.46. The number of anilines is 1. The predicted molar refractivity (Wildman–Crippen MR) is 89.1 cm³/mol. The Balaban J connectivity index is 2.50. The van der Waals surface area contributed by atoms with Crippen LogP contribution < -0.4 is 4.72 Å². The van der Waals surface area contributed by atoms with E-state index >= 15 is 0 Å². The number of hydrogen-bond donors (Lipinski definition) is 1. The Labute approximate surface area is 147 Å². The Morgan fingerprint density at radius 1 is 1.05 bits per heavy atom. The van der Waals surface area contributed by atoms with Gasteiger partial charge in [0.05, 0.1) is 15.7 Å². The zero-order valence-electron chi connectivity index (χ0n) is 10.0. The van der Waals surface area contributed by atoms with Crippen molar-refractivity contribution in [3.63, 3.8) is 0 Å². The standard InChI is InChI=1S/C12H6Br2Cl2FNO2S/c13-6-1-2-8(14)11(3-6)21(19,20)18-12-9(15)4-7(17)5-10(12)16/h1-5,18H. The minimum absolute atomic E-state index is 0.00617. The molecular formula is C12H6Br2Cl2FNO2S. The van der Waals surface area contributed by atoms with Crippen molar-refractivity contribution < 1.29 is 12.8 Å². The molecule has 0 unspecified atom stereocenters. The van der Waals surface area contributed by atoms with Crippen molar-refractivity contribution in [3.8, 4) is 0 Å². The van der Waals surface area contributed by atoms with E-state index in [0.29, 0.717) is 8.95 Å². The monoisotopic (exact) mass is 475 g/mol. The van der Waals surface area contributed by atoms with Crippen LogP contribution in [0.1, 0.15) is 0 Å². The quantitative estimate of drug-likeness (QED) is 0.638. The molecule has 112 valence electrons. The van der Waals surface area contributed by atoms with Crippen molar-refractivity contribution in [2.45, 2.75) is 4.90 Å². The second kappa shape index (κ2) is 6.42. The van der Waals surface area contributed by atoms with Gasteiger partial charge in [0.2, 0.25) is 0 Å². The zero-order chi connectivity index (χ0) is 15.8. The SMILES string of the molecule is O=S(=O)(Nc1c(Cl)cc(F)cc1Cl)c1cc(Br)ccc1Br. The van der Waals surface area contributed by atoms with Crippen molar-refractivity contribution >= 4 is 70.8 Å². The lowest BCUT2D eigenvalue weighted by atomic mass is 10.3. The van der Waals surface area contributed by atoms with Gasteiger partial charge in [0.1, 0.15) is 10.7 Å². The van der Waals surface area contributed by atoms with Crippen molar-refractivity contribution in [1.82, 2.24) is 0 Å². The van der Waals surface area contributed by atoms with Crippen molar-refractivity contribution in [1.29, 1.82) is 0 Å². The normalized spacial score (nSPS) is 11.5. The van der Waals surface area contributed by atoms with E-state index in [-0.39, 0.29) is 20.6 Å². The molecule has 2 rings (SSSR count). The van der Waals surface area contributed by atoms with E-state index in [4.69, 9.17) is 23.2 Å². The highest BCUT2D eigenvalue weighted by Gasteiger charge is 2.21. The van der Waals surface area contributed by atoms with Gasteiger partial charge < -0.3 is 0 Å². The molecule has 0 aliphatic rings. The van der Waals surface area contributed by atoms with Crippen LogP contribution >= 0.6 is 55.1 Å². The Morgan fingerprint density at radius 3 is 2.19 bits per heavy atom. The van der Waals surface area contributed by atoms with E-state index in [1.165, 1.54) is 6.07 Å². The average Bonchev–Trinajstić information content (AvgIpc) is 2.36. The van der Waals surface area contributed by atoms with Gasteiger partial charge in [0, 0.05) is 8.95 Å². The highest BCUT2D eigenvalue weighted by atomic mass is 79.9. The first-order valence-electron chi connectivity index (χ1n) is 5.33. The van der Waals surface area contributed by atoms with E-state index in [1.807, 2.05) is 0 Å². The largest absolute Gasteiger partial charge is 0.277 e. The number of nitrogens with one attached hydrogen (secondary N) is 1. The zero-order valence-corrected chi connectivity index (χ0v) is 15.5. The first-order chi connectivity index (χ1) is 9.70. The molecule has 3 nitrogen and oxygen atoms in total. The van der Waals surface area contributed by atoms with E-state index in [1.54, 1.807) is 12.1 Å². The summed E-state index contributed by atoms with van der Waals surface area (Å²) >= 11 is 18.0. The van der Waals surface area contributed by atoms with Crippen LogP contribution in [0.2, 0.25) is 10.0 Å². The van der Waals surface area contributed by atoms with E-state index in [9.17, 15) is 12.8 Å². The summed E-state index contributed by atoms with van der Waals surface area (Å²) in [6.07, 6.45) is 0. The molecule has 0 spiro atoms. The van der Waals surface area contributed by atoms with Gasteiger partial charge in [-0.25, -0.2) is 12.8 Å². The molecule has 21 heavy (non-hydrogen) atoms. The lowest BCUT2D eigenvalue weighted by molar-refractivity contribution is 0.600. The molecule has 1 N–H and O–H groups in total. The summed E-state index contributed by atoms with van der Waals surface area (Å²) in [7, 11) is -3.94. The van der Waals surface area contributed by atoms with E-state index in [2.05, 4.69) is 36.6 Å². The van der Waals surface area contributed by atoms with Crippen LogP contribution in [0.3, 0.4) is 0 Å². The van der Waals surface area contributed by atoms with Crippen LogP contribution in [-0.2, 0) is 10.0 Å². The first-order valence-corrected chi connectivity index (χ1v) is 9.15. The van der Waals surface area contributed by atoms with Gasteiger partial charge in [-0.1, -0.05) is 39.1 Å². The number of rotatable bonds is 3. The Bertz CT molecular complexity index is 792. The van der Waals surface area contributed by atoms with Crippen LogP contribution in [0.4, 0.5) is 10.1 Å². The molecule has 0 radical (unpaired) electrons. The van der Waals surface area contributed by atoms with Crippen LogP contribution in [0.15, 0.2) is 44.2 Å². The maximum atomic E-state index is 13.1. The molecule has 0 heterocycles. The number of sulfonamides is 1. The second-order valence-corrected chi connectivity index (χ2v) is 8.16. The molecule has 0 aliphatic carbocycles. The minimum Gasteiger partial charge on any atom is -0.277 e. The highest BCUT2D eigenvalue weighted by Crippen LogP contribution is 2.34. The Morgan fingerprint density at radius 2 is 1.62 bits per heavy atom. The molecular weight excluding hydrogens is 472 g/mol. The van der Waals surface area contributed by atoms with Crippen molar-refractivity contribution in [3.05, 3.63) is 55.1 Å². The minimum atomic E-state index is -3.94. The third kappa shape index (κ3) is 3.90. The summed E-state index contributed by atoms with van der Waals surface area (Å²) in [6.45, 7) is 0. The number of hydrogen-bond acceptors (Lipinski definition) is 2. The first kappa shape index (κ1) is 17.0. The molecule has 0 amide bonds. The number of halogens is 5. The third-order valence-corrected chi connectivity index (χ3v) is 5.86. The van der Waals surface area contributed by atoms with Gasteiger partial charge >= 0.3 is 0 Å². The fourth-order valence-electron chi connectivity index (χ4n) is 1.51. The summed E-state index contributed by atoms with van der Waals surface area (Å²) in [6, 6.07) is 6.62. The van der Waals surface area contributed by atoms with Gasteiger partial charge in [-0.05, 0) is 46.3 Å². The fourth-order valence-corrected chi connectivity index (χ4v) is 4.78. The second-order valence-electron chi connectivity index (χ2n) is 3.92. The van der Waals surface area contributed by atoms with Gasteiger partial charge in [0.25, 0.3) is 10.0 Å². The van der Waals surface area contributed by atoms with Gasteiger partial charge in [0.15, 0.2) is 0 Å². The molecule has 9 heteroatoms. The molecule has 0 bridgehead atoms. The summed E-state index contributed by atoms with van der Waals surface area (Å²) in [4.78, 5) is -0.00617.